The number of aliphatic carboxylic acids is 1. The van der Waals surface area contributed by atoms with Gasteiger partial charge in [-0.05, 0) is 43.5 Å². The second kappa shape index (κ2) is 7.50. The molecule has 1 atom stereocenters. The highest BCUT2D eigenvalue weighted by molar-refractivity contribution is 5.79. The van der Waals surface area contributed by atoms with E-state index in [2.05, 4.69) is 20.4 Å². The summed E-state index contributed by atoms with van der Waals surface area (Å²) in [7, 11) is 0. The van der Waals surface area contributed by atoms with Gasteiger partial charge in [0.15, 0.2) is 0 Å². The molecule has 0 amide bonds. The minimum atomic E-state index is -0.718. The largest absolute Gasteiger partial charge is 0.481 e. The Kier molecular flexibility index (Phi) is 4.65. The van der Waals surface area contributed by atoms with Gasteiger partial charge >= 0.3 is 5.97 Å². The first-order chi connectivity index (χ1) is 15.1. The van der Waals surface area contributed by atoms with Gasteiger partial charge in [0.25, 0.3) is 0 Å². The second-order valence-electron chi connectivity index (χ2n) is 7.95. The Morgan fingerprint density at radius 1 is 1.32 bits per heavy atom. The Morgan fingerprint density at radius 3 is 2.87 bits per heavy atom. The number of nitrogens with zero attached hydrogens (tertiary/aromatic N) is 6. The lowest BCUT2D eigenvalue weighted by Crippen LogP contribution is -2.45. The standard InChI is InChI=1S/C22H23N7O2/c1-2-18(22(20(30)31)8-4-9-22)28-10-7-15-12-24-21(27-19(15)28)26-16-5-3-6-17(11-16)29-14-23-13-25-29/h3,5-7,10-14,18H,2,4,8-9H2,1H3,(H,30,31)(H,24,26,27). The molecule has 2 N–H and O–H groups in total. The number of carboxylic acid groups (broad SMARTS) is 1. The molecule has 1 unspecified atom stereocenters. The number of benzene rings is 1. The van der Waals surface area contributed by atoms with Crippen LogP contribution in [-0.2, 0) is 4.79 Å². The normalized spacial score (nSPS) is 16.0. The van der Waals surface area contributed by atoms with E-state index in [1.807, 2.05) is 48.0 Å². The molecule has 1 aliphatic rings. The van der Waals surface area contributed by atoms with E-state index >= 15 is 0 Å². The van der Waals surface area contributed by atoms with Crippen molar-refractivity contribution >= 4 is 28.6 Å². The number of rotatable bonds is 7. The first-order valence-electron chi connectivity index (χ1n) is 10.4. The van der Waals surface area contributed by atoms with E-state index in [-0.39, 0.29) is 6.04 Å². The maximum atomic E-state index is 12.1. The summed E-state index contributed by atoms with van der Waals surface area (Å²) in [5, 5.41) is 18.2. The molecule has 9 heteroatoms. The first kappa shape index (κ1) is 19.2. The Labute approximate surface area is 178 Å². The van der Waals surface area contributed by atoms with Crippen molar-refractivity contribution in [3.05, 3.63) is 55.4 Å². The zero-order valence-electron chi connectivity index (χ0n) is 17.1. The number of hydrogen-bond donors (Lipinski definition) is 2. The highest BCUT2D eigenvalue weighted by Gasteiger charge is 2.51. The first-order valence-corrected chi connectivity index (χ1v) is 10.4. The van der Waals surface area contributed by atoms with Crippen LogP contribution in [0.4, 0.5) is 11.6 Å². The molecule has 31 heavy (non-hydrogen) atoms. The summed E-state index contributed by atoms with van der Waals surface area (Å²) in [5.41, 5.74) is 1.71. The van der Waals surface area contributed by atoms with Crippen molar-refractivity contribution in [3.8, 4) is 5.69 Å². The number of fused-ring (bicyclic) bond motifs is 1. The fraction of sp³-hybridized carbons (Fsp3) is 0.318. The van der Waals surface area contributed by atoms with E-state index in [9.17, 15) is 9.90 Å². The molecule has 1 saturated carbocycles. The quantitative estimate of drug-likeness (QED) is 0.468. The maximum Gasteiger partial charge on any atom is 0.311 e. The monoisotopic (exact) mass is 417 g/mol. The molecule has 0 aliphatic heterocycles. The molecule has 1 aliphatic carbocycles. The highest BCUT2D eigenvalue weighted by Crippen LogP contribution is 2.51. The van der Waals surface area contributed by atoms with E-state index in [4.69, 9.17) is 4.98 Å². The average Bonchev–Trinajstić information content (AvgIpc) is 3.40. The summed E-state index contributed by atoms with van der Waals surface area (Å²) < 4.78 is 3.69. The van der Waals surface area contributed by atoms with Crippen LogP contribution in [0.5, 0.6) is 0 Å². The van der Waals surface area contributed by atoms with Gasteiger partial charge in [-0.15, -0.1) is 0 Å². The van der Waals surface area contributed by atoms with Crippen molar-refractivity contribution < 1.29 is 9.90 Å². The van der Waals surface area contributed by atoms with Crippen LogP contribution < -0.4 is 5.32 Å². The lowest BCUT2D eigenvalue weighted by Gasteiger charge is -2.44. The molecule has 0 bridgehead atoms. The Morgan fingerprint density at radius 2 is 2.19 bits per heavy atom. The molecule has 0 spiro atoms. The fourth-order valence-corrected chi connectivity index (χ4v) is 4.55. The number of aromatic nitrogens is 6. The molecule has 5 rings (SSSR count). The van der Waals surface area contributed by atoms with Crippen molar-refractivity contribution in [3.63, 3.8) is 0 Å². The van der Waals surface area contributed by atoms with Gasteiger partial charge in [-0.1, -0.05) is 19.4 Å². The molecule has 3 aromatic heterocycles. The molecular weight excluding hydrogens is 394 g/mol. The Hall–Kier alpha value is -3.75. The molecule has 0 radical (unpaired) electrons. The van der Waals surface area contributed by atoms with Gasteiger partial charge in [-0.3, -0.25) is 4.79 Å². The Balaban J connectivity index is 1.48. The number of carboxylic acids is 1. The molecule has 3 heterocycles. The van der Waals surface area contributed by atoms with Crippen molar-refractivity contribution in [1.29, 1.82) is 0 Å². The predicted molar refractivity (Wildman–Crippen MR) is 115 cm³/mol. The summed E-state index contributed by atoms with van der Waals surface area (Å²) in [6.45, 7) is 2.04. The summed E-state index contributed by atoms with van der Waals surface area (Å²) in [5.74, 6) is -0.263. The Bertz CT molecular complexity index is 1230. The van der Waals surface area contributed by atoms with Crippen molar-refractivity contribution in [1.82, 2.24) is 29.3 Å². The van der Waals surface area contributed by atoms with Gasteiger partial charge in [0, 0.05) is 23.5 Å². The van der Waals surface area contributed by atoms with Crippen LogP contribution in [0.25, 0.3) is 16.7 Å². The smallest absolute Gasteiger partial charge is 0.311 e. The summed E-state index contributed by atoms with van der Waals surface area (Å²) in [6, 6.07) is 9.52. The van der Waals surface area contributed by atoms with Crippen LogP contribution >= 0.6 is 0 Å². The lowest BCUT2D eigenvalue weighted by atomic mass is 9.63. The van der Waals surface area contributed by atoms with Crippen LogP contribution in [0.2, 0.25) is 0 Å². The molecule has 1 fully saturated rings. The van der Waals surface area contributed by atoms with Gasteiger partial charge in [0.1, 0.15) is 18.3 Å². The van der Waals surface area contributed by atoms with E-state index in [1.165, 1.54) is 6.33 Å². The summed E-state index contributed by atoms with van der Waals surface area (Å²) >= 11 is 0. The zero-order valence-corrected chi connectivity index (χ0v) is 17.1. The van der Waals surface area contributed by atoms with E-state index in [1.54, 1.807) is 17.2 Å². The van der Waals surface area contributed by atoms with E-state index in [0.717, 1.165) is 35.2 Å². The highest BCUT2D eigenvalue weighted by atomic mass is 16.4. The lowest BCUT2D eigenvalue weighted by molar-refractivity contribution is -0.159. The number of hydrogen-bond acceptors (Lipinski definition) is 6. The van der Waals surface area contributed by atoms with E-state index < -0.39 is 11.4 Å². The summed E-state index contributed by atoms with van der Waals surface area (Å²) in [6.07, 6.45) is 9.90. The van der Waals surface area contributed by atoms with Crippen LogP contribution in [0, 0.1) is 5.41 Å². The second-order valence-corrected chi connectivity index (χ2v) is 7.95. The van der Waals surface area contributed by atoms with E-state index in [0.29, 0.717) is 18.8 Å². The van der Waals surface area contributed by atoms with Crippen LogP contribution in [-0.4, -0.2) is 40.4 Å². The number of carbonyl (C=O) groups is 1. The SMILES string of the molecule is CCC(n1ccc2cnc(Nc3cccc(-n4cncn4)c3)nc21)C1(C(=O)O)CCC1. The van der Waals surface area contributed by atoms with Gasteiger partial charge in [0.2, 0.25) is 5.95 Å². The fourth-order valence-electron chi connectivity index (χ4n) is 4.55. The van der Waals surface area contributed by atoms with Gasteiger partial charge in [0.05, 0.1) is 17.1 Å². The van der Waals surface area contributed by atoms with Gasteiger partial charge in [-0.25, -0.2) is 14.6 Å². The number of anilines is 2. The van der Waals surface area contributed by atoms with Gasteiger partial charge < -0.3 is 15.0 Å². The maximum absolute atomic E-state index is 12.1. The van der Waals surface area contributed by atoms with Crippen molar-refractivity contribution in [2.45, 2.75) is 38.6 Å². The third-order valence-electron chi connectivity index (χ3n) is 6.27. The van der Waals surface area contributed by atoms with Crippen molar-refractivity contribution in [2.24, 2.45) is 5.41 Å². The van der Waals surface area contributed by atoms with Crippen LogP contribution in [0.1, 0.15) is 38.6 Å². The minimum Gasteiger partial charge on any atom is -0.481 e. The molecular formula is C22H23N7O2. The topological polar surface area (TPSA) is 111 Å². The molecule has 1 aromatic carbocycles. The third-order valence-corrected chi connectivity index (χ3v) is 6.27. The van der Waals surface area contributed by atoms with Crippen LogP contribution in [0.3, 0.4) is 0 Å². The predicted octanol–water partition coefficient (Wildman–Crippen LogP) is 3.96. The van der Waals surface area contributed by atoms with Gasteiger partial charge in [-0.2, -0.15) is 10.1 Å². The molecule has 0 saturated heterocycles. The minimum absolute atomic E-state index is 0.144. The third kappa shape index (κ3) is 3.22. The summed E-state index contributed by atoms with van der Waals surface area (Å²) in [4.78, 5) is 25.3. The van der Waals surface area contributed by atoms with Crippen LogP contribution in [0.15, 0.2) is 55.4 Å². The molecule has 9 nitrogen and oxygen atoms in total. The zero-order chi connectivity index (χ0) is 21.4. The molecule has 4 aromatic rings. The molecule has 158 valence electrons. The number of nitrogens with one attached hydrogen (secondary N) is 1. The average molecular weight is 417 g/mol. The van der Waals surface area contributed by atoms with Crippen molar-refractivity contribution in [2.75, 3.05) is 5.32 Å².